The second kappa shape index (κ2) is 7.32. The molecule has 2 N–H and O–H groups in total. The summed E-state index contributed by atoms with van der Waals surface area (Å²) in [4.78, 5) is 0. The van der Waals surface area contributed by atoms with Gasteiger partial charge in [-0.05, 0) is 25.7 Å². The molecule has 0 rings (SSSR count). The van der Waals surface area contributed by atoms with Gasteiger partial charge in [0.25, 0.3) is 0 Å². The van der Waals surface area contributed by atoms with Crippen LogP contribution in [0.4, 0.5) is 0 Å². The fraction of sp³-hybridized carbons (Fsp3) is 0.800. The molecule has 0 radical (unpaired) electrons. The van der Waals surface area contributed by atoms with Crippen molar-refractivity contribution in [2.45, 2.75) is 38.6 Å². The van der Waals surface area contributed by atoms with E-state index >= 15 is 0 Å². The summed E-state index contributed by atoms with van der Waals surface area (Å²) in [5.74, 6) is 0. The highest BCUT2D eigenvalue weighted by Gasteiger charge is 2.02. The molecule has 0 bridgehead atoms. The Morgan fingerprint density at radius 3 is 2.75 bits per heavy atom. The lowest BCUT2D eigenvalue weighted by molar-refractivity contribution is 0.190. The zero-order chi connectivity index (χ0) is 9.40. The first-order valence-corrected chi connectivity index (χ1v) is 4.61. The van der Waals surface area contributed by atoms with Crippen LogP contribution in [0.25, 0.3) is 0 Å². The van der Waals surface area contributed by atoms with E-state index in [9.17, 15) is 0 Å². The molecule has 0 saturated heterocycles. The van der Waals surface area contributed by atoms with Crippen molar-refractivity contribution in [3.05, 3.63) is 12.2 Å². The molecule has 0 spiro atoms. The monoisotopic (exact) mass is 171 g/mol. The van der Waals surface area contributed by atoms with E-state index in [2.05, 4.69) is 13.5 Å². The van der Waals surface area contributed by atoms with E-state index in [0.717, 1.165) is 32.3 Å². The normalized spacial score (nSPS) is 12.9. The van der Waals surface area contributed by atoms with Gasteiger partial charge in [0.2, 0.25) is 0 Å². The number of rotatable bonds is 7. The van der Waals surface area contributed by atoms with Crippen LogP contribution >= 0.6 is 0 Å². The van der Waals surface area contributed by atoms with Gasteiger partial charge >= 0.3 is 0 Å². The van der Waals surface area contributed by atoms with E-state index < -0.39 is 0 Å². The lowest BCUT2D eigenvalue weighted by Crippen LogP contribution is -2.20. The van der Waals surface area contributed by atoms with Gasteiger partial charge in [0.05, 0.1) is 0 Å². The first-order valence-electron chi connectivity index (χ1n) is 4.61. The molecule has 0 aliphatic heterocycles. The average molecular weight is 171 g/mol. The topological polar surface area (TPSA) is 35.2 Å². The predicted octanol–water partition coefficient (Wildman–Crippen LogP) is 2.10. The summed E-state index contributed by atoms with van der Waals surface area (Å²) in [6.07, 6.45) is 4.08. The first-order chi connectivity index (χ1) is 5.70. The maximum absolute atomic E-state index is 5.87. The van der Waals surface area contributed by atoms with E-state index in [0.29, 0.717) is 0 Å². The second-order valence-corrected chi connectivity index (χ2v) is 3.20. The molecule has 0 aromatic heterocycles. The third kappa shape index (κ3) is 6.38. The Balaban J connectivity index is 3.32. The van der Waals surface area contributed by atoms with E-state index in [4.69, 9.17) is 10.5 Å². The van der Waals surface area contributed by atoms with Crippen molar-refractivity contribution >= 4 is 0 Å². The summed E-state index contributed by atoms with van der Waals surface area (Å²) in [6, 6.07) is 0.271. The molecule has 0 fully saturated rings. The van der Waals surface area contributed by atoms with Crippen LogP contribution in [0, 0.1) is 0 Å². The van der Waals surface area contributed by atoms with Gasteiger partial charge in [-0.1, -0.05) is 19.1 Å². The largest absolute Gasteiger partial charge is 0.385 e. The molecular formula is C10H21NO. The fourth-order valence-corrected chi connectivity index (χ4v) is 1.11. The minimum atomic E-state index is 0.271. The molecule has 0 aromatic rings. The molecule has 0 aromatic carbocycles. The van der Waals surface area contributed by atoms with Gasteiger partial charge in [-0.2, -0.15) is 0 Å². The van der Waals surface area contributed by atoms with Gasteiger partial charge in [0.15, 0.2) is 0 Å². The number of hydrogen-bond donors (Lipinski definition) is 1. The summed E-state index contributed by atoms with van der Waals surface area (Å²) >= 11 is 0. The maximum atomic E-state index is 5.87. The lowest BCUT2D eigenvalue weighted by Gasteiger charge is -2.11. The highest BCUT2D eigenvalue weighted by atomic mass is 16.5. The van der Waals surface area contributed by atoms with Crippen LogP contribution < -0.4 is 5.73 Å². The summed E-state index contributed by atoms with van der Waals surface area (Å²) in [6.45, 7) is 6.86. The number of hydrogen-bond acceptors (Lipinski definition) is 2. The molecule has 0 aliphatic rings. The molecule has 1 unspecified atom stereocenters. The molecule has 0 aliphatic carbocycles. The Hall–Kier alpha value is -0.340. The number of methoxy groups -OCH3 is 1. The lowest BCUT2D eigenvalue weighted by atomic mass is 10.0. The van der Waals surface area contributed by atoms with Crippen LogP contribution in [0.3, 0.4) is 0 Å². The molecule has 0 saturated carbocycles. The standard InChI is InChI=1S/C10H21NO/c1-4-9(2)8-10(11)6-5-7-12-3/h10H,2,4-8,11H2,1,3H3. The van der Waals surface area contributed by atoms with E-state index in [1.807, 2.05) is 0 Å². The highest BCUT2D eigenvalue weighted by molar-refractivity contribution is 4.95. The zero-order valence-electron chi connectivity index (χ0n) is 8.31. The summed E-state index contributed by atoms with van der Waals surface area (Å²) in [5, 5.41) is 0. The fourth-order valence-electron chi connectivity index (χ4n) is 1.11. The van der Waals surface area contributed by atoms with Crippen LogP contribution in [0.2, 0.25) is 0 Å². The van der Waals surface area contributed by atoms with Crippen LogP contribution in [0.1, 0.15) is 32.6 Å². The van der Waals surface area contributed by atoms with Gasteiger partial charge in [-0.25, -0.2) is 0 Å². The number of ether oxygens (including phenoxy) is 1. The Labute approximate surface area is 75.8 Å². The Morgan fingerprint density at radius 1 is 1.58 bits per heavy atom. The summed E-state index contributed by atoms with van der Waals surface area (Å²) in [5.41, 5.74) is 7.12. The van der Waals surface area contributed by atoms with Crippen molar-refractivity contribution in [1.29, 1.82) is 0 Å². The molecular weight excluding hydrogens is 150 g/mol. The zero-order valence-corrected chi connectivity index (χ0v) is 8.31. The quantitative estimate of drug-likeness (QED) is 0.470. The van der Waals surface area contributed by atoms with Crippen LogP contribution in [-0.2, 0) is 4.74 Å². The molecule has 0 heterocycles. The summed E-state index contributed by atoms with van der Waals surface area (Å²) < 4.78 is 4.95. The molecule has 72 valence electrons. The highest BCUT2D eigenvalue weighted by Crippen LogP contribution is 2.08. The van der Waals surface area contributed by atoms with Gasteiger partial charge in [-0.3, -0.25) is 0 Å². The van der Waals surface area contributed by atoms with Crippen molar-refractivity contribution in [2.24, 2.45) is 5.73 Å². The predicted molar refractivity (Wildman–Crippen MR) is 53.1 cm³/mol. The van der Waals surface area contributed by atoms with E-state index in [1.165, 1.54) is 5.57 Å². The van der Waals surface area contributed by atoms with Gasteiger partial charge in [0, 0.05) is 19.8 Å². The first kappa shape index (κ1) is 11.7. The van der Waals surface area contributed by atoms with Gasteiger partial charge in [0.1, 0.15) is 0 Å². The second-order valence-electron chi connectivity index (χ2n) is 3.20. The van der Waals surface area contributed by atoms with Crippen molar-refractivity contribution in [3.63, 3.8) is 0 Å². The van der Waals surface area contributed by atoms with Gasteiger partial charge in [-0.15, -0.1) is 0 Å². The molecule has 1 atom stereocenters. The Bertz CT molecular complexity index is 123. The third-order valence-electron chi connectivity index (χ3n) is 1.97. The SMILES string of the molecule is C=C(CC)CC(N)CCCOC. The van der Waals surface area contributed by atoms with E-state index in [-0.39, 0.29) is 6.04 Å². The smallest absolute Gasteiger partial charge is 0.0462 e. The minimum Gasteiger partial charge on any atom is -0.385 e. The Kier molecular flexibility index (Phi) is 7.11. The van der Waals surface area contributed by atoms with Crippen molar-refractivity contribution in [2.75, 3.05) is 13.7 Å². The van der Waals surface area contributed by atoms with Crippen molar-refractivity contribution < 1.29 is 4.74 Å². The van der Waals surface area contributed by atoms with Crippen LogP contribution in [0.5, 0.6) is 0 Å². The minimum absolute atomic E-state index is 0.271. The average Bonchev–Trinajstić information content (AvgIpc) is 2.05. The third-order valence-corrected chi connectivity index (χ3v) is 1.97. The van der Waals surface area contributed by atoms with E-state index in [1.54, 1.807) is 7.11 Å². The summed E-state index contributed by atoms with van der Waals surface area (Å²) in [7, 11) is 1.72. The molecule has 2 heteroatoms. The molecule has 0 amide bonds. The van der Waals surface area contributed by atoms with Crippen molar-refractivity contribution in [3.8, 4) is 0 Å². The Morgan fingerprint density at radius 2 is 2.25 bits per heavy atom. The number of nitrogens with two attached hydrogens (primary N) is 1. The van der Waals surface area contributed by atoms with Crippen LogP contribution in [-0.4, -0.2) is 19.8 Å². The molecule has 2 nitrogen and oxygen atoms in total. The maximum Gasteiger partial charge on any atom is 0.0462 e. The van der Waals surface area contributed by atoms with Crippen LogP contribution in [0.15, 0.2) is 12.2 Å². The van der Waals surface area contributed by atoms with Gasteiger partial charge < -0.3 is 10.5 Å². The van der Waals surface area contributed by atoms with Crippen molar-refractivity contribution in [1.82, 2.24) is 0 Å². The molecule has 12 heavy (non-hydrogen) atoms.